The third-order valence-electron chi connectivity index (χ3n) is 7.68. The van der Waals surface area contributed by atoms with Crippen molar-refractivity contribution in [2.45, 2.75) is 48.5 Å². The number of halogens is 1. The summed E-state index contributed by atoms with van der Waals surface area (Å²) in [6.45, 7) is 0.0326. The maximum absolute atomic E-state index is 13.3. The van der Waals surface area contributed by atoms with Gasteiger partial charge in [0.05, 0.1) is 24.0 Å². The first-order valence-corrected chi connectivity index (χ1v) is 15.7. The fourth-order valence-electron chi connectivity index (χ4n) is 5.56. The fourth-order valence-corrected chi connectivity index (χ4v) is 6.61. The maximum Gasteiger partial charge on any atom is 0.261 e. The van der Waals surface area contributed by atoms with Gasteiger partial charge in [0.15, 0.2) is 0 Å². The summed E-state index contributed by atoms with van der Waals surface area (Å²) in [5, 5.41) is 13.0. The van der Waals surface area contributed by atoms with Crippen LogP contribution in [-0.4, -0.2) is 44.4 Å². The first-order chi connectivity index (χ1) is 21.3. The van der Waals surface area contributed by atoms with Crippen LogP contribution < -0.4 is 19.5 Å². The molecule has 11 heteroatoms. The first kappa shape index (κ1) is 29.6. The Morgan fingerprint density at radius 2 is 1.68 bits per heavy atom. The molecule has 0 aromatic heterocycles. The second-order valence-corrected chi connectivity index (χ2v) is 12.4. The van der Waals surface area contributed by atoms with Crippen molar-refractivity contribution in [3.8, 4) is 17.2 Å². The number of fused-ring (bicyclic) bond motifs is 3. The highest BCUT2D eigenvalue weighted by Crippen LogP contribution is 2.47. The summed E-state index contributed by atoms with van der Waals surface area (Å²) in [7, 11) is -3.95. The lowest BCUT2D eigenvalue weighted by molar-refractivity contribution is -0.142. The predicted octanol–water partition coefficient (Wildman–Crippen LogP) is 5.12. The SMILES string of the molecule is O=C(C[C@@H]1C[C@@H]2c3cc(NS(=O)(=O)c4ccc(F)cc4)ccc3O[C@@H]2[C@@H](CO)O1)NCc1ccc(Oc2ccccc2)cc1. The Morgan fingerprint density at radius 1 is 0.955 bits per heavy atom. The van der Waals surface area contributed by atoms with E-state index in [9.17, 15) is 22.7 Å². The highest BCUT2D eigenvalue weighted by atomic mass is 32.2. The molecule has 2 heterocycles. The van der Waals surface area contributed by atoms with Crippen LogP contribution >= 0.6 is 0 Å². The van der Waals surface area contributed by atoms with Crippen LogP contribution in [0.2, 0.25) is 0 Å². The van der Waals surface area contributed by atoms with Gasteiger partial charge in [0.2, 0.25) is 5.91 Å². The second kappa shape index (κ2) is 12.7. The summed E-state index contributed by atoms with van der Waals surface area (Å²) in [4.78, 5) is 12.8. The molecule has 4 aromatic carbocycles. The Balaban J connectivity index is 1.08. The Labute approximate surface area is 254 Å². The van der Waals surface area contributed by atoms with Crippen LogP contribution in [0.4, 0.5) is 10.1 Å². The third-order valence-corrected chi connectivity index (χ3v) is 9.08. The van der Waals surface area contributed by atoms with Crippen molar-refractivity contribution in [3.63, 3.8) is 0 Å². The first-order valence-electron chi connectivity index (χ1n) is 14.2. The average Bonchev–Trinajstić information content (AvgIpc) is 3.39. The Kier molecular flexibility index (Phi) is 8.51. The lowest BCUT2D eigenvalue weighted by Gasteiger charge is -2.37. The number of ether oxygens (including phenoxy) is 3. The van der Waals surface area contributed by atoms with Gasteiger partial charge in [-0.3, -0.25) is 9.52 Å². The van der Waals surface area contributed by atoms with Crippen molar-refractivity contribution >= 4 is 21.6 Å². The van der Waals surface area contributed by atoms with Crippen LogP contribution in [-0.2, 0) is 26.1 Å². The molecule has 0 unspecified atom stereocenters. The van der Waals surface area contributed by atoms with Crippen LogP contribution in [0.25, 0.3) is 0 Å². The number of benzene rings is 4. The van der Waals surface area contributed by atoms with E-state index < -0.39 is 34.2 Å². The maximum atomic E-state index is 13.3. The average molecular weight is 619 g/mol. The Bertz CT molecular complexity index is 1720. The van der Waals surface area contributed by atoms with Gasteiger partial charge in [-0.2, -0.15) is 0 Å². The third kappa shape index (κ3) is 6.70. The molecule has 1 saturated heterocycles. The molecule has 0 aliphatic carbocycles. The van der Waals surface area contributed by atoms with Gasteiger partial charge in [-0.1, -0.05) is 30.3 Å². The number of carbonyl (C=O) groups excluding carboxylic acids is 1. The zero-order valence-electron chi connectivity index (χ0n) is 23.6. The van der Waals surface area contributed by atoms with E-state index in [0.717, 1.165) is 29.0 Å². The minimum absolute atomic E-state index is 0.0672. The number of rotatable bonds is 10. The summed E-state index contributed by atoms with van der Waals surface area (Å²) in [6.07, 6.45) is -1.09. The van der Waals surface area contributed by atoms with Gasteiger partial charge in [0.1, 0.15) is 35.3 Å². The Morgan fingerprint density at radius 3 is 2.41 bits per heavy atom. The number of aliphatic hydroxyl groups is 1. The van der Waals surface area contributed by atoms with E-state index in [0.29, 0.717) is 30.2 Å². The molecule has 228 valence electrons. The smallest absolute Gasteiger partial charge is 0.261 e. The minimum Gasteiger partial charge on any atom is -0.487 e. The molecule has 1 amide bonds. The van der Waals surface area contributed by atoms with Crippen LogP contribution in [0.3, 0.4) is 0 Å². The van der Waals surface area contributed by atoms with Gasteiger partial charge >= 0.3 is 0 Å². The zero-order valence-corrected chi connectivity index (χ0v) is 24.4. The van der Waals surface area contributed by atoms with E-state index in [-0.39, 0.29) is 29.7 Å². The molecule has 0 bridgehead atoms. The van der Waals surface area contributed by atoms with Crippen LogP contribution in [0.15, 0.2) is 102 Å². The molecule has 6 rings (SSSR count). The molecule has 4 atom stereocenters. The van der Waals surface area contributed by atoms with Crippen LogP contribution in [0.5, 0.6) is 17.2 Å². The summed E-state index contributed by atoms with van der Waals surface area (Å²) in [5.74, 6) is 1.04. The lowest BCUT2D eigenvalue weighted by Crippen LogP contribution is -2.47. The van der Waals surface area contributed by atoms with Crippen molar-refractivity contribution in [2.75, 3.05) is 11.3 Å². The molecule has 9 nitrogen and oxygen atoms in total. The van der Waals surface area contributed by atoms with Gasteiger partial charge in [-0.15, -0.1) is 0 Å². The molecule has 2 aliphatic heterocycles. The minimum atomic E-state index is -3.95. The van der Waals surface area contributed by atoms with Crippen molar-refractivity contribution in [1.29, 1.82) is 0 Å². The lowest BCUT2D eigenvalue weighted by atomic mass is 9.84. The van der Waals surface area contributed by atoms with Gasteiger partial charge in [-0.05, 0) is 78.7 Å². The summed E-state index contributed by atoms with van der Waals surface area (Å²) >= 11 is 0. The van der Waals surface area contributed by atoms with Gasteiger partial charge in [0.25, 0.3) is 10.0 Å². The number of aliphatic hydroxyl groups excluding tert-OH is 1. The molecule has 2 aliphatic rings. The molecule has 44 heavy (non-hydrogen) atoms. The molecule has 0 radical (unpaired) electrons. The summed E-state index contributed by atoms with van der Waals surface area (Å²) in [5.41, 5.74) is 1.99. The van der Waals surface area contributed by atoms with Crippen LogP contribution in [0.1, 0.15) is 29.9 Å². The van der Waals surface area contributed by atoms with Crippen molar-refractivity contribution in [1.82, 2.24) is 5.32 Å². The number of nitrogens with one attached hydrogen (secondary N) is 2. The number of sulfonamides is 1. The van der Waals surface area contributed by atoms with E-state index in [2.05, 4.69) is 10.0 Å². The number of hydrogen-bond acceptors (Lipinski definition) is 7. The van der Waals surface area contributed by atoms with E-state index in [4.69, 9.17) is 14.2 Å². The summed E-state index contributed by atoms with van der Waals surface area (Å²) < 4.78 is 59.5. The van der Waals surface area contributed by atoms with E-state index in [1.54, 1.807) is 18.2 Å². The van der Waals surface area contributed by atoms with Crippen LogP contribution in [0, 0.1) is 5.82 Å². The van der Waals surface area contributed by atoms with Crippen molar-refractivity contribution in [2.24, 2.45) is 0 Å². The molecule has 0 saturated carbocycles. The largest absolute Gasteiger partial charge is 0.487 e. The number of carbonyl (C=O) groups is 1. The monoisotopic (exact) mass is 618 g/mol. The molecule has 1 fully saturated rings. The number of hydrogen-bond donors (Lipinski definition) is 3. The number of amides is 1. The molecule has 3 N–H and O–H groups in total. The van der Waals surface area contributed by atoms with Gasteiger partial charge in [0, 0.05) is 23.7 Å². The number of para-hydroxylation sites is 1. The summed E-state index contributed by atoms with van der Waals surface area (Å²) in [6, 6.07) is 26.4. The quantitative estimate of drug-likeness (QED) is 0.226. The topological polar surface area (TPSA) is 123 Å². The van der Waals surface area contributed by atoms with Gasteiger partial charge in [-0.25, -0.2) is 12.8 Å². The van der Waals surface area contributed by atoms with Crippen molar-refractivity contribution < 1.29 is 36.9 Å². The molecule has 0 spiro atoms. The highest BCUT2D eigenvalue weighted by Gasteiger charge is 2.46. The second-order valence-electron chi connectivity index (χ2n) is 10.8. The molecular weight excluding hydrogens is 587 g/mol. The fraction of sp³-hybridized carbons (Fsp3) is 0.242. The van der Waals surface area contributed by atoms with Gasteiger partial charge < -0.3 is 24.6 Å². The molecular formula is C33H31FN2O7S. The standard InChI is InChI=1S/C33H31FN2O7S/c34-22-8-13-27(14-9-22)44(39,40)36-23-10-15-30-28(16-23)29-17-26(42-31(20-37)33(29)43-30)18-32(38)35-19-21-6-11-25(12-7-21)41-24-4-2-1-3-5-24/h1-16,26,29,31,33,36-37H,17-20H2,(H,35,38)/t26-,29+,31+,33-/m0/s1. The highest BCUT2D eigenvalue weighted by molar-refractivity contribution is 7.92. The molecule has 4 aromatic rings. The zero-order chi connectivity index (χ0) is 30.7. The predicted molar refractivity (Wildman–Crippen MR) is 161 cm³/mol. The van der Waals surface area contributed by atoms with Crippen molar-refractivity contribution in [3.05, 3.63) is 114 Å². The normalized spacial score (nSPS) is 20.6. The van der Waals surface area contributed by atoms with E-state index >= 15 is 0 Å². The van der Waals surface area contributed by atoms with E-state index in [1.807, 2.05) is 54.6 Å². The number of anilines is 1. The van der Waals surface area contributed by atoms with E-state index in [1.165, 1.54) is 12.1 Å². The Hall–Kier alpha value is -4.45.